The fourth-order valence-corrected chi connectivity index (χ4v) is 2.24. The van der Waals surface area contributed by atoms with E-state index in [-0.39, 0.29) is 5.56 Å². The molecule has 3 nitrogen and oxygen atoms in total. The minimum Gasteiger partial charge on any atom is -0.494 e. The van der Waals surface area contributed by atoms with Crippen LogP contribution in [0.2, 0.25) is 0 Å². The number of benzene rings is 2. The van der Waals surface area contributed by atoms with Gasteiger partial charge in [0.25, 0.3) is 0 Å². The van der Waals surface area contributed by atoms with E-state index in [4.69, 9.17) is 10.6 Å². The Morgan fingerprint density at radius 2 is 2.00 bits per heavy atom. The zero-order valence-corrected chi connectivity index (χ0v) is 12.0. The van der Waals surface area contributed by atoms with E-state index in [1.165, 1.54) is 12.1 Å². The summed E-state index contributed by atoms with van der Waals surface area (Å²) in [4.78, 5) is 0. The van der Waals surface area contributed by atoms with E-state index in [9.17, 15) is 8.78 Å². The minimum atomic E-state index is -0.787. The molecular formula is C16H18F2N2O. The van der Waals surface area contributed by atoms with E-state index in [1.807, 2.05) is 6.92 Å². The maximum atomic E-state index is 14.3. The van der Waals surface area contributed by atoms with Crippen molar-refractivity contribution < 1.29 is 13.5 Å². The predicted octanol–water partition coefficient (Wildman–Crippen LogP) is 3.22. The fraction of sp³-hybridized carbons (Fsp3) is 0.250. The number of halogens is 2. The average molecular weight is 292 g/mol. The van der Waals surface area contributed by atoms with Crippen molar-refractivity contribution in [3.05, 3.63) is 64.7 Å². The molecule has 1 atom stereocenters. The van der Waals surface area contributed by atoms with Crippen LogP contribution in [-0.2, 0) is 0 Å². The molecule has 2 aromatic rings. The molecule has 0 aliphatic heterocycles. The Balaban J connectivity index is 2.50. The predicted molar refractivity (Wildman–Crippen MR) is 77.9 cm³/mol. The highest BCUT2D eigenvalue weighted by molar-refractivity contribution is 5.39. The molecule has 0 saturated heterocycles. The first-order valence-electron chi connectivity index (χ1n) is 6.71. The molecule has 0 amide bonds. The van der Waals surface area contributed by atoms with Gasteiger partial charge in [-0.05, 0) is 43.2 Å². The molecular weight excluding hydrogens is 274 g/mol. The number of ether oxygens (including phenoxy) is 1. The summed E-state index contributed by atoms with van der Waals surface area (Å²) in [6.07, 6.45) is 0. The van der Waals surface area contributed by atoms with Crippen LogP contribution < -0.4 is 16.0 Å². The lowest BCUT2D eigenvalue weighted by Crippen LogP contribution is -2.30. The molecule has 0 aliphatic carbocycles. The Morgan fingerprint density at radius 1 is 1.24 bits per heavy atom. The van der Waals surface area contributed by atoms with E-state index >= 15 is 0 Å². The van der Waals surface area contributed by atoms with Crippen LogP contribution in [0.15, 0.2) is 36.4 Å². The molecule has 5 heteroatoms. The molecule has 0 aliphatic rings. The van der Waals surface area contributed by atoms with E-state index in [0.717, 1.165) is 0 Å². The fourth-order valence-electron chi connectivity index (χ4n) is 2.24. The van der Waals surface area contributed by atoms with Gasteiger partial charge in [-0.1, -0.05) is 18.2 Å². The molecule has 21 heavy (non-hydrogen) atoms. The van der Waals surface area contributed by atoms with Crippen LogP contribution in [0.3, 0.4) is 0 Å². The van der Waals surface area contributed by atoms with Crippen molar-refractivity contribution in [2.75, 3.05) is 6.61 Å². The first-order valence-corrected chi connectivity index (χ1v) is 6.71. The van der Waals surface area contributed by atoms with E-state index in [0.29, 0.717) is 23.5 Å². The lowest BCUT2D eigenvalue weighted by Gasteiger charge is -2.20. The summed E-state index contributed by atoms with van der Waals surface area (Å²) in [7, 11) is 0. The molecule has 0 fully saturated rings. The summed E-state index contributed by atoms with van der Waals surface area (Å²) >= 11 is 0. The van der Waals surface area contributed by atoms with Crippen molar-refractivity contribution in [2.45, 2.75) is 19.9 Å². The van der Waals surface area contributed by atoms with Crippen molar-refractivity contribution in [2.24, 2.45) is 5.84 Å². The van der Waals surface area contributed by atoms with E-state index < -0.39 is 17.7 Å². The smallest absolute Gasteiger partial charge is 0.134 e. The average Bonchev–Trinajstić information content (AvgIpc) is 2.48. The number of hydrazine groups is 1. The molecule has 0 bridgehead atoms. The number of rotatable bonds is 5. The molecule has 2 aromatic carbocycles. The van der Waals surface area contributed by atoms with Gasteiger partial charge in [0.1, 0.15) is 17.4 Å². The van der Waals surface area contributed by atoms with Gasteiger partial charge in [0.05, 0.1) is 12.6 Å². The van der Waals surface area contributed by atoms with Crippen LogP contribution >= 0.6 is 0 Å². The summed E-state index contributed by atoms with van der Waals surface area (Å²) in [6, 6.07) is 8.86. The number of hydrogen-bond acceptors (Lipinski definition) is 3. The number of aryl methyl sites for hydroxylation is 1. The first-order chi connectivity index (χ1) is 10.1. The highest BCUT2D eigenvalue weighted by Gasteiger charge is 2.22. The topological polar surface area (TPSA) is 47.3 Å². The molecule has 3 N–H and O–H groups in total. The van der Waals surface area contributed by atoms with E-state index in [2.05, 4.69) is 5.43 Å². The zero-order chi connectivity index (χ0) is 15.4. The minimum absolute atomic E-state index is 0.0915. The van der Waals surface area contributed by atoms with Crippen LogP contribution in [0.4, 0.5) is 8.78 Å². The second kappa shape index (κ2) is 6.65. The number of hydrogen-bond donors (Lipinski definition) is 2. The Labute approximate surface area is 122 Å². The first kappa shape index (κ1) is 15.4. The Kier molecular flexibility index (Phi) is 4.88. The Hall–Kier alpha value is -1.98. The third-order valence-electron chi connectivity index (χ3n) is 3.28. The molecule has 1 unspecified atom stereocenters. The molecule has 0 heterocycles. The lowest BCUT2D eigenvalue weighted by atomic mass is 9.96. The summed E-state index contributed by atoms with van der Waals surface area (Å²) in [5.41, 5.74) is 3.39. The van der Waals surface area contributed by atoms with Gasteiger partial charge in [-0.3, -0.25) is 5.84 Å². The lowest BCUT2D eigenvalue weighted by molar-refractivity contribution is 0.339. The van der Waals surface area contributed by atoms with Gasteiger partial charge in [0.2, 0.25) is 0 Å². The zero-order valence-electron chi connectivity index (χ0n) is 12.0. The highest BCUT2D eigenvalue weighted by Crippen LogP contribution is 2.29. The second-order valence-electron chi connectivity index (χ2n) is 4.70. The Morgan fingerprint density at radius 3 is 2.67 bits per heavy atom. The van der Waals surface area contributed by atoms with Crippen LogP contribution in [0, 0.1) is 18.6 Å². The molecule has 0 radical (unpaired) electrons. The molecule has 0 spiro atoms. The summed E-state index contributed by atoms with van der Waals surface area (Å²) in [6.45, 7) is 3.96. The van der Waals surface area contributed by atoms with Gasteiger partial charge in [-0.15, -0.1) is 0 Å². The maximum absolute atomic E-state index is 14.3. The van der Waals surface area contributed by atoms with Crippen LogP contribution in [0.1, 0.15) is 29.7 Å². The number of nitrogens with one attached hydrogen (secondary N) is 1. The summed E-state index contributed by atoms with van der Waals surface area (Å²) in [5.74, 6) is 4.92. The monoisotopic (exact) mass is 292 g/mol. The Bertz CT molecular complexity index is 632. The van der Waals surface area contributed by atoms with Gasteiger partial charge in [-0.2, -0.15) is 0 Å². The normalized spacial score (nSPS) is 12.2. The SMILES string of the molecule is CCOc1cccc(C(NN)c2c(F)ccc(C)c2F)c1. The summed E-state index contributed by atoms with van der Waals surface area (Å²) < 4.78 is 33.7. The maximum Gasteiger partial charge on any atom is 0.134 e. The highest BCUT2D eigenvalue weighted by atomic mass is 19.1. The molecule has 0 aromatic heterocycles. The molecule has 112 valence electrons. The van der Waals surface area contributed by atoms with Crippen molar-refractivity contribution in [1.82, 2.24) is 5.43 Å². The third-order valence-corrected chi connectivity index (χ3v) is 3.28. The number of nitrogens with two attached hydrogens (primary N) is 1. The van der Waals surface area contributed by atoms with E-state index in [1.54, 1.807) is 31.2 Å². The van der Waals surface area contributed by atoms with Gasteiger partial charge >= 0.3 is 0 Å². The van der Waals surface area contributed by atoms with Crippen molar-refractivity contribution in [3.63, 3.8) is 0 Å². The largest absolute Gasteiger partial charge is 0.494 e. The molecule has 2 rings (SSSR count). The van der Waals surface area contributed by atoms with Crippen molar-refractivity contribution in [3.8, 4) is 5.75 Å². The van der Waals surface area contributed by atoms with Crippen molar-refractivity contribution in [1.29, 1.82) is 0 Å². The van der Waals surface area contributed by atoms with Gasteiger partial charge in [-0.25, -0.2) is 14.2 Å². The van der Waals surface area contributed by atoms with Gasteiger partial charge in [0, 0.05) is 5.56 Å². The van der Waals surface area contributed by atoms with Crippen LogP contribution in [0.5, 0.6) is 5.75 Å². The third kappa shape index (κ3) is 3.20. The van der Waals surface area contributed by atoms with Crippen LogP contribution in [0.25, 0.3) is 0 Å². The van der Waals surface area contributed by atoms with Crippen molar-refractivity contribution >= 4 is 0 Å². The second-order valence-corrected chi connectivity index (χ2v) is 4.70. The standard InChI is InChI=1S/C16H18F2N2O/c1-3-21-12-6-4-5-11(9-12)16(20-19)14-13(17)8-7-10(2)15(14)18/h4-9,16,20H,3,19H2,1-2H3. The van der Waals surface area contributed by atoms with Gasteiger partial charge < -0.3 is 4.74 Å². The van der Waals surface area contributed by atoms with Gasteiger partial charge in [0.15, 0.2) is 0 Å². The molecule has 0 saturated carbocycles. The summed E-state index contributed by atoms with van der Waals surface area (Å²) in [5, 5.41) is 0. The van der Waals surface area contributed by atoms with Crippen LogP contribution in [-0.4, -0.2) is 6.61 Å². The quantitative estimate of drug-likeness (QED) is 0.657.